The van der Waals surface area contributed by atoms with E-state index in [1.54, 1.807) is 48.7 Å². The van der Waals surface area contributed by atoms with Gasteiger partial charge in [0.05, 0.1) is 35.1 Å². The van der Waals surface area contributed by atoms with Crippen molar-refractivity contribution in [1.29, 1.82) is 0 Å². The average Bonchev–Trinajstić information content (AvgIpc) is 3.17. The number of hydrogen-bond donors (Lipinski definition) is 1. The lowest BCUT2D eigenvalue weighted by atomic mass is 10.1. The number of hydrogen-bond acceptors (Lipinski definition) is 3. The molecule has 3 aromatic carbocycles. The zero-order chi connectivity index (χ0) is 22.2. The van der Waals surface area contributed by atoms with Crippen LogP contribution in [0.15, 0.2) is 72.9 Å². The smallest absolute Gasteiger partial charge is 0.418 e. The van der Waals surface area contributed by atoms with Gasteiger partial charge in [0.2, 0.25) is 0 Å². The van der Waals surface area contributed by atoms with Crippen molar-refractivity contribution in [1.82, 2.24) is 4.57 Å². The first-order valence-corrected chi connectivity index (χ1v) is 9.58. The molecule has 4 nitrogen and oxygen atoms in total. The van der Waals surface area contributed by atoms with Gasteiger partial charge in [-0.25, -0.2) is 4.79 Å². The SMILES string of the molecule is COC(=O)c1cc(Cl)ccc1Nc1ccc2c(ccn2-c2ccccc2C(F)(F)F)c1. The highest BCUT2D eigenvalue weighted by Gasteiger charge is 2.33. The first-order chi connectivity index (χ1) is 14.8. The van der Waals surface area contributed by atoms with Crippen molar-refractivity contribution in [2.45, 2.75) is 6.18 Å². The topological polar surface area (TPSA) is 43.3 Å². The molecule has 0 spiro atoms. The number of rotatable bonds is 4. The third-order valence-electron chi connectivity index (χ3n) is 4.83. The molecule has 0 aliphatic heterocycles. The molecule has 1 N–H and O–H groups in total. The summed E-state index contributed by atoms with van der Waals surface area (Å²) in [4.78, 5) is 12.0. The third-order valence-corrected chi connectivity index (χ3v) is 5.06. The Hall–Kier alpha value is -3.45. The van der Waals surface area contributed by atoms with E-state index in [2.05, 4.69) is 5.32 Å². The Morgan fingerprint density at radius 2 is 1.81 bits per heavy atom. The second-order valence-corrected chi connectivity index (χ2v) is 7.22. The van der Waals surface area contributed by atoms with Crippen molar-refractivity contribution in [2.24, 2.45) is 0 Å². The molecule has 0 amide bonds. The number of carbonyl (C=O) groups is 1. The number of para-hydroxylation sites is 1. The predicted molar refractivity (Wildman–Crippen MR) is 114 cm³/mol. The van der Waals surface area contributed by atoms with Crippen LogP contribution in [-0.4, -0.2) is 17.6 Å². The number of halogens is 4. The highest BCUT2D eigenvalue weighted by Crippen LogP contribution is 2.36. The van der Waals surface area contributed by atoms with Crippen LogP contribution in [0.5, 0.6) is 0 Å². The van der Waals surface area contributed by atoms with E-state index in [9.17, 15) is 18.0 Å². The van der Waals surface area contributed by atoms with Crippen LogP contribution in [0.3, 0.4) is 0 Å². The van der Waals surface area contributed by atoms with Crippen LogP contribution in [0.2, 0.25) is 5.02 Å². The van der Waals surface area contributed by atoms with Crippen LogP contribution in [0.4, 0.5) is 24.5 Å². The van der Waals surface area contributed by atoms with Gasteiger partial charge in [-0.3, -0.25) is 0 Å². The Morgan fingerprint density at radius 1 is 1.03 bits per heavy atom. The number of aromatic nitrogens is 1. The van der Waals surface area contributed by atoms with Crippen molar-refractivity contribution in [3.8, 4) is 5.69 Å². The third kappa shape index (κ3) is 4.09. The molecule has 0 saturated carbocycles. The van der Waals surface area contributed by atoms with Gasteiger partial charge in [0.15, 0.2) is 0 Å². The molecule has 0 fully saturated rings. The molecule has 0 unspecified atom stereocenters. The van der Waals surface area contributed by atoms with Crippen LogP contribution in [0.25, 0.3) is 16.6 Å². The Balaban J connectivity index is 1.73. The zero-order valence-corrected chi connectivity index (χ0v) is 17.0. The van der Waals surface area contributed by atoms with E-state index in [-0.39, 0.29) is 11.3 Å². The Bertz CT molecular complexity index is 1280. The predicted octanol–water partition coefficient (Wildman–Crippen LogP) is 6.83. The number of methoxy groups -OCH3 is 1. The van der Waals surface area contributed by atoms with Crippen molar-refractivity contribution in [2.75, 3.05) is 12.4 Å². The Morgan fingerprint density at radius 3 is 2.55 bits per heavy atom. The summed E-state index contributed by atoms with van der Waals surface area (Å²) in [5.74, 6) is -0.541. The number of nitrogens with one attached hydrogen (secondary N) is 1. The highest BCUT2D eigenvalue weighted by atomic mass is 35.5. The fourth-order valence-electron chi connectivity index (χ4n) is 3.41. The van der Waals surface area contributed by atoms with E-state index in [1.165, 1.54) is 29.9 Å². The first kappa shape index (κ1) is 20.8. The Labute approximate surface area is 180 Å². The van der Waals surface area contributed by atoms with Crippen LogP contribution >= 0.6 is 11.6 Å². The second kappa shape index (κ2) is 8.00. The number of nitrogens with zero attached hydrogens (tertiary/aromatic N) is 1. The van der Waals surface area contributed by atoms with E-state index in [0.29, 0.717) is 21.9 Å². The first-order valence-electron chi connectivity index (χ1n) is 9.20. The van der Waals surface area contributed by atoms with Crippen LogP contribution in [-0.2, 0) is 10.9 Å². The van der Waals surface area contributed by atoms with E-state index in [0.717, 1.165) is 11.5 Å². The molecular weight excluding hydrogens is 429 g/mol. The molecule has 31 heavy (non-hydrogen) atoms. The minimum atomic E-state index is -4.46. The molecule has 1 heterocycles. The van der Waals surface area contributed by atoms with Gasteiger partial charge in [0.25, 0.3) is 0 Å². The van der Waals surface area contributed by atoms with Crippen LogP contribution in [0, 0.1) is 0 Å². The van der Waals surface area contributed by atoms with Gasteiger partial charge in [-0.05, 0) is 54.6 Å². The maximum atomic E-state index is 13.4. The van der Waals surface area contributed by atoms with E-state index in [1.807, 2.05) is 0 Å². The van der Waals surface area contributed by atoms with E-state index >= 15 is 0 Å². The van der Waals surface area contributed by atoms with Crippen molar-refractivity contribution < 1.29 is 22.7 Å². The lowest BCUT2D eigenvalue weighted by Gasteiger charge is -2.15. The van der Waals surface area contributed by atoms with Gasteiger partial charge in [0.1, 0.15) is 0 Å². The molecular formula is C23H16ClF3N2O2. The molecule has 0 radical (unpaired) electrons. The molecule has 4 rings (SSSR count). The largest absolute Gasteiger partial charge is 0.465 e. The van der Waals surface area contributed by atoms with Gasteiger partial charge in [-0.2, -0.15) is 13.2 Å². The number of fused-ring (bicyclic) bond motifs is 1. The fourth-order valence-corrected chi connectivity index (χ4v) is 3.59. The van der Waals surface area contributed by atoms with Gasteiger partial charge in [-0.15, -0.1) is 0 Å². The Kier molecular flexibility index (Phi) is 5.37. The molecule has 1 aromatic heterocycles. The van der Waals surface area contributed by atoms with Gasteiger partial charge in [0, 0.05) is 22.3 Å². The van der Waals surface area contributed by atoms with E-state index in [4.69, 9.17) is 16.3 Å². The second-order valence-electron chi connectivity index (χ2n) is 6.78. The fraction of sp³-hybridized carbons (Fsp3) is 0.0870. The summed E-state index contributed by atoms with van der Waals surface area (Å²) in [6.07, 6.45) is -2.87. The molecule has 0 bridgehead atoms. The normalized spacial score (nSPS) is 11.5. The summed E-state index contributed by atoms with van der Waals surface area (Å²) in [6, 6.07) is 17.2. The number of anilines is 2. The van der Waals surface area contributed by atoms with Crippen LogP contribution < -0.4 is 5.32 Å². The standard InChI is InChI=1S/C23H16ClF3N2O2/c1-31-22(30)17-13-15(24)6-8-19(17)28-16-7-9-20-14(12-16)10-11-29(20)21-5-3-2-4-18(21)23(25,26)27/h2-13,28H,1H3. The average molecular weight is 445 g/mol. The van der Waals surface area contributed by atoms with Crippen molar-refractivity contribution in [3.63, 3.8) is 0 Å². The summed E-state index contributed by atoms with van der Waals surface area (Å²) in [5.41, 5.74) is 1.38. The minimum absolute atomic E-state index is 0.0522. The summed E-state index contributed by atoms with van der Waals surface area (Å²) in [7, 11) is 1.28. The lowest BCUT2D eigenvalue weighted by molar-refractivity contribution is -0.137. The number of ether oxygens (including phenoxy) is 1. The molecule has 8 heteroatoms. The minimum Gasteiger partial charge on any atom is -0.465 e. The monoisotopic (exact) mass is 444 g/mol. The molecule has 0 saturated heterocycles. The molecule has 4 aromatic rings. The van der Waals surface area contributed by atoms with Crippen molar-refractivity contribution in [3.05, 3.63) is 89.1 Å². The molecule has 158 valence electrons. The summed E-state index contributed by atoms with van der Waals surface area (Å²) >= 11 is 5.99. The lowest BCUT2D eigenvalue weighted by Crippen LogP contribution is -2.10. The van der Waals surface area contributed by atoms with E-state index < -0.39 is 17.7 Å². The quantitative estimate of drug-likeness (QED) is 0.351. The van der Waals surface area contributed by atoms with Crippen molar-refractivity contribution >= 4 is 39.8 Å². The number of alkyl halides is 3. The molecule has 0 aliphatic rings. The van der Waals surface area contributed by atoms with Gasteiger partial charge >= 0.3 is 12.1 Å². The summed E-state index contributed by atoms with van der Waals surface area (Å²) in [6.45, 7) is 0. The summed E-state index contributed by atoms with van der Waals surface area (Å²) in [5, 5.41) is 4.27. The number of carbonyl (C=O) groups excluding carboxylic acids is 1. The number of benzene rings is 3. The molecule has 0 aliphatic carbocycles. The highest BCUT2D eigenvalue weighted by molar-refractivity contribution is 6.31. The summed E-state index contributed by atoms with van der Waals surface area (Å²) < 4.78 is 46.6. The maximum Gasteiger partial charge on any atom is 0.418 e. The maximum absolute atomic E-state index is 13.4. The van der Waals surface area contributed by atoms with Crippen LogP contribution in [0.1, 0.15) is 15.9 Å². The van der Waals surface area contributed by atoms with Gasteiger partial charge < -0.3 is 14.6 Å². The number of esters is 1. The molecule has 0 atom stereocenters. The van der Waals surface area contributed by atoms with Gasteiger partial charge in [-0.1, -0.05) is 23.7 Å². The zero-order valence-electron chi connectivity index (χ0n) is 16.2.